The lowest BCUT2D eigenvalue weighted by atomic mass is 10.1. The molecule has 1 heterocycles. The van der Waals surface area contributed by atoms with Gasteiger partial charge in [0, 0.05) is 6.54 Å². The SMILES string of the molecule is CCn1c(-c2ccc(OCSC)cc2)ccc(I)c1=O. The van der Waals surface area contributed by atoms with Crippen LogP contribution in [0.1, 0.15) is 6.92 Å². The second-order valence-electron chi connectivity index (χ2n) is 4.19. The summed E-state index contributed by atoms with van der Waals surface area (Å²) in [5.41, 5.74) is 2.03. The van der Waals surface area contributed by atoms with Gasteiger partial charge in [0.15, 0.2) is 0 Å². The summed E-state index contributed by atoms with van der Waals surface area (Å²) in [6, 6.07) is 11.7. The first kappa shape index (κ1) is 15.4. The number of hydrogen-bond acceptors (Lipinski definition) is 3. The summed E-state index contributed by atoms with van der Waals surface area (Å²) in [5, 5.41) is 0. The molecule has 0 N–H and O–H groups in total. The molecule has 20 heavy (non-hydrogen) atoms. The minimum atomic E-state index is 0.0632. The molecule has 0 bridgehead atoms. The summed E-state index contributed by atoms with van der Waals surface area (Å²) in [5.74, 6) is 1.49. The zero-order valence-corrected chi connectivity index (χ0v) is 14.4. The molecule has 0 unspecified atom stereocenters. The Labute approximate surface area is 136 Å². The topological polar surface area (TPSA) is 31.2 Å². The molecule has 2 aromatic rings. The number of nitrogens with zero attached hydrogens (tertiary/aromatic N) is 1. The molecular weight excluding hydrogens is 385 g/mol. The quantitative estimate of drug-likeness (QED) is 0.564. The first-order valence-corrected chi connectivity index (χ1v) is 8.76. The molecule has 3 nitrogen and oxygen atoms in total. The fraction of sp³-hybridized carbons (Fsp3) is 0.267. The van der Waals surface area contributed by atoms with Crippen LogP contribution in [0.5, 0.6) is 5.75 Å². The number of benzene rings is 1. The Morgan fingerprint density at radius 3 is 2.50 bits per heavy atom. The van der Waals surface area contributed by atoms with Crippen LogP contribution in [0.15, 0.2) is 41.2 Å². The minimum Gasteiger partial charge on any atom is -0.483 e. The smallest absolute Gasteiger partial charge is 0.264 e. The third-order valence-corrected chi connectivity index (χ3v) is 4.11. The van der Waals surface area contributed by atoms with Crippen LogP contribution in [0.2, 0.25) is 0 Å². The average Bonchev–Trinajstić information content (AvgIpc) is 2.48. The van der Waals surface area contributed by atoms with E-state index in [4.69, 9.17) is 4.74 Å². The van der Waals surface area contributed by atoms with E-state index in [2.05, 4.69) is 22.6 Å². The van der Waals surface area contributed by atoms with Gasteiger partial charge in [-0.1, -0.05) is 0 Å². The highest BCUT2D eigenvalue weighted by Crippen LogP contribution is 2.22. The second kappa shape index (κ2) is 7.17. The number of ether oxygens (including phenoxy) is 1. The van der Waals surface area contributed by atoms with Crippen molar-refractivity contribution in [2.45, 2.75) is 13.5 Å². The molecule has 0 amide bonds. The van der Waals surface area contributed by atoms with Gasteiger partial charge in [-0.25, -0.2) is 0 Å². The molecule has 0 aliphatic heterocycles. The van der Waals surface area contributed by atoms with Crippen LogP contribution in [0.4, 0.5) is 0 Å². The molecule has 2 rings (SSSR count). The van der Waals surface area contributed by atoms with Gasteiger partial charge in [0.2, 0.25) is 0 Å². The van der Waals surface area contributed by atoms with Gasteiger partial charge < -0.3 is 9.30 Å². The lowest BCUT2D eigenvalue weighted by Gasteiger charge is -2.12. The summed E-state index contributed by atoms with van der Waals surface area (Å²) < 4.78 is 8.07. The fourth-order valence-corrected chi connectivity index (χ4v) is 2.69. The Balaban J connectivity index is 2.37. The van der Waals surface area contributed by atoms with Crippen LogP contribution in [-0.4, -0.2) is 16.8 Å². The van der Waals surface area contributed by atoms with Crippen LogP contribution in [-0.2, 0) is 6.54 Å². The van der Waals surface area contributed by atoms with Gasteiger partial charge >= 0.3 is 0 Å². The van der Waals surface area contributed by atoms with E-state index in [0.29, 0.717) is 12.5 Å². The largest absolute Gasteiger partial charge is 0.483 e. The Hall–Kier alpha value is -0.950. The second-order valence-corrected chi connectivity index (χ2v) is 6.17. The van der Waals surface area contributed by atoms with E-state index in [1.54, 1.807) is 16.3 Å². The number of pyridine rings is 1. The van der Waals surface area contributed by atoms with Crippen LogP contribution < -0.4 is 10.3 Å². The van der Waals surface area contributed by atoms with Crippen LogP contribution in [0, 0.1) is 3.57 Å². The van der Waals surface area contributed by atoms with Crippen molar-refractivity contribution in [2.75, 3.05) is 12.2 Å². The molecule has 0 aliphatic rings. The highest BCUT2D eigenvalue weighted by molar-refractivity contribution is 14.1. The molecule has 0 atom stereocenters. The first-order valence-electron chi connectivity index (χ1n) is 6.29. The summed E-state index contributed by atoms with van der Waals surface area (Å²) in [7, 11) is 0. The van der Waals surface area contributed by atoms with E-state index in [1.807, 2.05) is 49.6 Å². The van der Waals surface area contributed by atoms with Crippen molar-refractivity contribution < 1.29 is 4.74 Å². The predicted octanol–water partition coefficient (Wildman–Crippen LogP) is 3.84. The lowest BCUT2D eigenvalue weighted by molar-refractivity contribution is 0.393. The van der Waals surface area contributed by atoms with Crippen molar-refractivity contribution in [3.05, 3.63) is 50.3 Å². The van der Waals surface area contributed by atoms with Gasteiger partial charge in [-0.2, -0.15) is 0 Å². The average molecular weight is 401 g/mol. The molecule has 0 spiro atoms. The number of thioether (sulfide) groups is 1. The highest BCUT2D eigenvalue weighted by Gasteiger charge is 2.07. The van der Waals surface area contributed by atoms with E-state index in [-0.39, 0.29) is 5.56 Å². The number of aromatic nitrogens is 1. The molecular formula is C15H16INO2S. The van der Waals surface area contributed by atoms with E-state index < -0.39 is 0 Å². The van der Waals surface area contributed by atoms with Gasteiger partial charge in [0.25, 0.3) is 5.56 Å². The standard InChI is InChI=1S/C15H16INO2S/c1-3-17-14(9-8-13(16)15(17)18)11-4-6-12(7-5-11)19-10-20-2/h4-9H,3,10H2,1-2H3. The zero-order chi connectivity index (χ0) is 14.5. The predicted molar refractivity (Wildman–Crippen MR) is 93.5 cm³/mol. The van der Waals surface area contributed by atoms with Gasteiger partial charge in [0.05, 0.1) is 9.26 Å². The van der Waals surface area contributed by atoms with Gasteiger partial charge in [-0.15, -0.1) is 11.8 Å². The number of halogens is 1. The maximum atomic E-state index is 12.1. The Morgan fingerprint density at radius 2 is 1.90 bits per heavy atom. The van der Waals surface area contributed by atoms with Gasteiger partial charge in [-0.3, -0.25) is 4.79 Å². The molecule has 0 saturated heterocycles. The summed E-state index contributed by atoms with van der Waals surface area (Å²) in [6.45, 7) is 2.65. The van der Waals surface area contributed by atoms with Crippen LogP contribution >= 0.6 is 34.4 Å². The summed E-state index contributed by atoms with van der Waals surface area (Å²) in [6.07, 6.45) is 2.00. The maximum absolute atomic E-state index is 12.1. The molecule has 1 aromatic carbocycles. The molecule has 0 saturated carbocycles. The normalized spacial score (nSPS) is 10.6. The Kier molecular flexibility index (Phi) is 5.54. The van der Waals surface area contributed by atoms with Gasteiger partial charge in [0.1, 0.15) is 11.7 Å². The monoisotopic (exact) mass is 401 g/mol. The number of hydrogen-bond donors (Lipinski definition) is 0. The van der Waals surface area contributed by atoms with Crippen molar-refractivity contribution in [1.29, 1.82) is 0 Å². The molecule has 5 heteroatoms. The lowest BCUT2D eigenvalue weighted by Crippen LogP contribution is -2.22. The van der Waals surface area contributed by atoms with E-state index in [9.17, 15) is 4.79 Å². The molecule has 0 fully saturated rings. The van der Waals surface area contributed by atoms with E-state index >= 15 is 0 Å². The van der Waals surface area contributed by atoms with Crippen molar-refractivity contribution in [3.8, 4) is 17.0 Å². The summed E-state index contributed by atoms with van der Waals surface area (Å²) in [4.78, 5) is 12.1. The highest BCUT2D eigenvalue weighted by atomic mass is 127. The van der Waals surface area contributed by atoms with E-state index in [1.165, 1.54) is 0 Å². The van der Waals surface area contributed by atoms with Crippen molar-refractivity contribution in [2.24, 2.45) is 0 Å². The van der Waals surface area contributed by atoms with Gasteiger partial charge in [-0.05, 0) is 77.7 Å². The minimum absolute atomic E-state index is 0.0632. The van der Waals surface area contributed by atoms with Crippen LogP contribution in [0.3, 0.4) is 0 Å². The molecule has 0 radical (unpaired) electrons. The third-order valence-electron chi connectivity index (χ3n) is 2.94. The number of rotatable bonds is 5. The fourth-order valence-electron chi connectivity index (χ4n) is 1.97. The van der Waals surface area contributed by atoms with Crippen molar-refractivity contribution in [1.82, 2.24) is 4.57 Å². The first-order chi connectivity index (χ1) is 9.67. The van der Waals surface area contributed by atoms with E-state index in [0.717, 1.165) is 20.6 Å². The summed E-state index contributed by atoms with van der Waals surface area (Å²) >= 11 is 3.71. The zero-order valence-electron chi connectivity index (χ0n) is 11.4. The van der Waals surface area contributed by atoms with Crippen molar-refractivity contribution >= 4 is 34.4 Å². The molecule has 0 aliphatic carbocycles. The Morgan fingerprint density at radius 1 is 1.20 bits per heavy atom. The Bertz CT molecular complexity index is 637. The maximum Gasteiger partial charge on any atom is 0.264 e. The van der Waals surface area contributed by atoms with Crippen molar-refractivity contribution in [3.63, 3.8) is 0 Å². The third kappa shape index (κ3) is 3.38. The molecule has 106 valence electrons. The molecule has 1 aromatic heterocycles. The van der Waals surface area contributed by atoms with Crippen LogP contribution in [0.25, 0.3) is 11.3 Å².